The van der Waals surface area contributed by atoms with E-state index >= 15 is 0 Å². The maximum Gasteiger partial charge on any atom is 0.217 e. The Balaban J connectivity index is 1.64. The van der Waals surface area contributed by atoms with Crippen LogP contribution in [0, 0.1) is 0 Å². The van der Waals surface area contributed by atoms with E-state index in [0.717, 1.165) is 11.3 Å². The zero-order valence-electron chi connectivity index (χ0n) is 17.5. The van der Waals surface area contributed by atoms with E-state index in [4.69, 9.17) is 0 Å². The van der Waals surface area contributed by atoms with Gasteiger partial charge in [0.25, 0.3) is 0 Å². The highest BCUT2D eigenvalue weighted by Gasteiger charge is 2.14. The van der Waals surface area contributed by atoms with Crippen LogP contribution in [-0.4, -0.2) is 37.7 Å². The van der Waals surface area contributed by atoms with Crippen molar-refractivity contribution >= 4 is 23.5 Å². The Morgan fingerprint density at radius 1 is 1.00 bits per heavy atom. The standard InChI is InChI=1S/C22H25N5O2S/c1-14(2)17-9-11-20(12-10-17)27-22(24-25-26-27)30-13-21(29)19-7-5-18(6-8-19)15(3)23-16(4)28/h5-12,14-15H,13H2,1-4H3,(H,23,28). The number of rotatable bonds is 8. The van der Waals surface area contributed by atoms with E-state index in [0.29, 0.717) is 16.6 Å². The maximum absolute atomic E-state index is 12.6. The van der Waals surface area contributed by atoms with Crippen LogP contribution in [0.15, 0.2) is 53.7 Å². The molecule has 156 valence electrons. The largest absolute Gasteiger partial charge is 0.350 e. The fraction of sp³-hybridized carbons (Fsp3) is 0.318. The Bertz CT molecular complexity index is 1010. The quantitative estimate of drug-likeness (QED) is 0.436. The fourth-order valence-corrected chi connectivity index (χ4v) is 3.78. The molecule has 8 heteroatoms. The van der Waals surface area contributed by atoms with E-state index in [9.17, 15) is 9.59 Å². The van der Waals surface area contributed by atoms with Crippen LogP contribution in [0.5, 0.6) is 0 Å². The highest BCUT2D eigenvalue weighted by atomic mass is 32.2. The average molecular weight is 424 g/mol. The molecule has 0 radical (unpaired) electrons. The minimum Gasteiger partial charge on any atom is -0.350 e. The van der Waals surface area contributed by atoms with Gasteiger partial charge in [-0.25, -0.2) is 0 Å². The predicted molar refractivity (Wildman–Crippen MR) is 117 cm³/mol. The van der Waals surface area contributed by atoms with Crippen LogP contribution >= 0.6 is 11.8 Å². The first-order valence-corrected chi connectivity index (χ1v) is 10.8. The molecule has 0 saturated carbocycles. The van der Waals surface area contributed by atoms with Crippen molar-refractivity contribution < 1.29 is 9.59 Å². The van der Waals surface area contributed by atoms with Gasteiger partial charge in [0.05, 0.1) is 17.5 Å². The molecule has 0 bridgehead atoms. The number of hydrogen-bond donors (Lipinski definition) is 1. The molecule has 0 fully saturated rings. The average Bonchev–Trinajstić information content (AvgIpc) is 3.20. The lowest BCUT2D eigenvalue weighted by Crippen LogP contribution is -2.23. The number of carbonyl (C=O) groups excluding carboxylic acids is 2. The number of nitrogens with zero attached hydrogens (tertiary/aromatic N) is 4. The lowest BCUT2D eigenvalue weighted by molar-refractivity contribution is -0.119. The van der Waals surface area contributed by atoms with E-state index < -0.39 is 0 Å². The number of amides is 1. The topological polar surface area (TPSA) is 89.8 Å². The fourth-order valence-electron chi connectivity index (χ4n) is 2.99. The molecular formula is C22H25N5O2S. The molecule has 0 aliphatic carbocycles. The molecule has 0 spiro atoms. The van der Waals surface area contributed by atoms with Gasteiger partial charge in [-0.1, -0.05) is 62.0 Å². The predicted octanol–water partition coefficient (Wildman–Crippen LogP) is 3.96. The van der Waals surface area contributed by atoms with Crippen LogP contribution in [0.3, 0.4) is 0 Å². The van der Waals surface area contributed by atoms with Gasteiger partial charge in [-0.05, 0) is 46.5 Å². The number of hydrogen-bond acceptors (Lipinski definition) is 6. The molecule has 1 N–H and O–H groups in total. The Morgan fingerprint density at radius 2 is 1.63 bits per heavy atom. The molecule has 3 rings (SSSR count). The van der Waals surface area contributed by atoms with Crippen molar-refractivity contribution in [3.05, 3.63) is 65.2 Å². The van der Waals surface area contributed by atoms with Crippen LogP contribution in [0.25, 0.3) is 5.69 Å². The highest BCUT2D eigenvalue weighted by molar-refractivity contribution is 7.99. The van der Waals surface area contributed by atoms with Gasteiger partial charge in [-0.15, -0.1) is 5.10 Å². The lowest BCUT2D eigenvalue weighted by Gasteiger charge is -2.13. The summed E-state index contributed by atoms with van der Waals surface area (Å²) < 4.78 is 1.64. The number of carbonyl (C=O) groups is 2. The van der Waals surface area contributed by atoms with E-state index in [2.05, 4.69) is 46.8 Å². The second-order valence-corrected chi connectivity index (χ2v) is 8.32. The van der Waals surface area contributed by atoms with E-state index in [1.807, 2.05) is 31.2 Å². The Morgan fingerprint density at radius 3 is 2.23 bits per heavy atom. The normalized spacial score (nSPS) is 12.0. The first kappa shape index (κ1) is 21.7. The maximum atomic E-state index is 12.6. The number of nitrogens with one attached hydrogen (secondary N) is 1. The molecule has 1 amide bonds. The van der Waals surface area contributed by atoms with Crippen molar-refractivity contribution in [1.82, 2.24) is 25.5 Å². The van der Waals surface area contributed by atoms with Crippen LogP contribution in [0.2, 0.25) is 0 Å². The minimum absolute atomic E-state index is 0.0107. The first-order chi connectivity index (χ1) is 14.3. The molecule has 0 aliphatic rings. The van der Waals surface area contributed by atoms with Gasteiger partial charge in [0.1, 0.15) is 0 Å². The summed E-state index contributed by atoms with van der Waals surface area (Å²) in [5, 5.41) is 15.3. The van der Waals surface area contributed by atoms with Crippen molar-refractivity contribution in [2.75, 3.05) is 5.75 Å². The molecule has 0 saturated heterocycles. The number of ketones is 1. The Hall–Kier alpha value is -3.00. The lowest BCUT2D eigenvalue weighted by atomic mass is 10.0. The van der Waals surface area contributed by atoms with Crippen molar-refractivity contribution in [3.8, 4) is 5.69 Å². The molecule has 2 aromatic carbocycles. The molecule has 0 aliphatic heterocycles. The second kappa shape index (κ2) is 9.67. The van der Waals surface area contributed by atoms with Gasteiger partial charge in [0.2, 0.25) is 11.1 Å². The van der Waals surface area contributed by atoms with E-state index in [1.165, 1.54) is 24.2 Å². The zero-order valence-corrected chi connectivity index (χ0v) is 18.3. The summed E-state index contributed by atoms with van der Waals surface area (Å²) in [5.41, 5.74) is 3.66. The van der Waals surface area contributed by atoms with Crippen LogP contribution in [0.4, 0.5) is 0 Å². The molecule has 7 nitrogen and oxygen atoms in total. The van der Waals surface area contributed by atoms with Gasteiger partial charge < -0.3 is 5.32 Å². The Labute approximate surface area is 180 Å². The number of Topliss-reactive ketones (excluding diaryl/α,β-unsaturated/α-hetero) is 1. The molecular weight excluding hydrogens is 398 g/mol. The van der Waals surface area contributed by atoms with Crippen molar-refractivity contribution in [2.24, 2.45) is 0 Å². The number of aromatic nitrogens is 4. The third kappa shape index (κ3) is 5.33. The van der Waals surface area contributed by atoms with E-state index in [-0.39, 0.29) is 23.5 Å². The second-order valence-electron chi connectivity index (χ2n) is 7.38. The molecule has 1 unspecified atom stereocenters. The molecule has 1 heterocycles. The molecule has 3 aromatic rings. The van der Waals surface area contributed by atoms with Crippen LogP contribution < -0.4 is 5.32 Å². The third-order valence-corrected chi connectivity index (χ3v) is 5.65. The minimum atomic E-state index is -0.104. The summed E-state index contributed by atoms with van der Waals surface area (Å²) in [6.07, 6.45) is 0. The highest BCUT2D eigenvalue weighted by Crippen LogP contribution is 2.22. The van der Waals surface area contributed by atoms with Gasteiger partial charge in [-0.2, -0.15) is 4.68 Å². The van der Waals surface area contributed by atoms with Crippen molar-refractivity contribution in [1.29, 1.82) is 0 Å². The van der Waals surface area contributed by atoms with Gasteiger partial charge in [-0.3, -0.25) is 9.59 Å². The number of benzene rings is 2. The van der Waals surface area contributed by atoms with Crippen molar-refractivity contribution in [2.45, 2.75) is 44.8 Å². The third-order valence-electron chi connectivity index (χ3n) is 4.73. The SMILES string of the molecule is CC(=O)NC(C)c1ccc(C(=O)CSc2nnnn2-c2ccc(C(C)C)cc2)cc1. The summed E-state index contributed by atoms with van der Waals surface area (Å²) >= 11 is 1.30. The summed E-state index contributed by atoms with van der Waals surface area (Å²) in [5.74, 6) is 0.580. The van der Waals surface area contributed by atoms with Gasteiger partial charge in [0, 0.05) is 12.5 Å². The van der Waals surface area contributed by atoms with Crippen molar-refractivity contribution in [3.63, 3.8) is 0 Å². The molecule has 30 heavy (non-hydrogen) atoms. The summed E-state index contributed by atoms with van der Waals surface area (Å²) in [6.45, 7) is 7.68. The smallest absolute Gasteiger partial charge is 0.217 e. The van der Waals surface area contributed by atoms with Crippen LogP contribution in [0.1, 0.15) is 61.1 Å². The van der Waals surface area contributed by atoms with Gasteiger partial charge in [0.15, 0.2) is 5.78 Å². The monoisotopic (exact) mass is 423 g/mol. The summed E-state index contributed by atoms with van der Waals surface area (Å²) in [6, 6.07) is 15.3. The zero-order chi connectivity index (χ0) is 21.7. The van der Waals surface area contributed by atoms with Gasteiger partial charge >= 0.3 is 0 Å². The first-order valence-electron chi connectivity index (χ1n) is 9.77. The number of tetrazole rings is 1. The van der Waals surface area contributed by atoms with Crippen LogP contribution in [-0.2, 0) is 4.79 Å². The van der Waals surface area contributed by atoms with E-state index in [1.54, 1.807) is 16.8 Å². The summed E-state index contributed by atoms with van der Waals surface area (Å²) in [7, 11) is 0. The number of thioether (sulfide) groups is 1. The molecule has 1 aromatic heterocycles. The summed E-state index contributed by atoms with van der Waals surface area (Å²) in [4.78, 5) is 23.8. The Kier molecular flexibility index (Phi) is 6.99. The molecule has 1 atom stereocenters.